The number of fused-ring (bicyclic) bond motifs is 3. The van der Waals surface area contributed by atoms with Gasteiger partial charge in [-0.15, -0.1) is 0 Å². The zero-order valence-corrected chi connectivity index (χ0v) is 14.9. The number of halogens is 2. The van der Waals surface area contributed by atoms with Gasteiger partial charge < -0.3 is 9.73 Å². The van der Waals surface area contributed by atoms with E-state index in [0.29, 0.717) is 21.3 Å². The molecular weight excluding hydrogens is 371 g/mol. The van der Waals surface area contributed by atoms with Gasteiger partial charge in [-0.2, -0.15) is 0 Å². The predicted octanol–water partition coefficient (Wildman–Crippen LogP) is 5.62. The first kappa shape index (κ1) is 16.6. The maximum Gasteiger partial charge on any atom is 0.261 e. The number of rotatable bonds is 2. The van der Waals surface area contributed by atoms with Crippen molar-refractivity contribution in [1.82, 2.24) is 0 Å². The van der Waals surface area contributed by atoms with Crippen molar-refractivity contribution < 1.29 is 9.21 Å². The summed E-state index contributed by atoms with van der Waals surface area (Å²) < 4.78 is 5.56. The van der Waals surface area contributed by atoms with Crippen molar-refractivity contribution in [3.05, 3.63) is 81.8 Å². The maximum absolute atomic E-state index is 12.7. The highest BCUT2D eigenvalue weighted by atomic mass is 35.5. The second-order valence-electron chi connectivity index (χ2n) is 5.77. The van der Waals surface area contributed by atoms with Crippen LogP contribution in [0.4, 0.5) is 5.69 Å². The van der Waals surface area contributed by atoms with Crippen molar-refractivity contribution in [2.75, 3.05) is 5.32 Å². The lowest BCUT2D eigenvalue weighted by Gasteiger charge is -2.09. The van der Waals surface area contributed by atoms with Crippen molar-refractivity contribution in [2.45, 2.75) is 0 Å². The molecule has 1 heterocycles. The molecule has 0 aliphatic rings. The Labute approximate surface area is 158 Å². The monoisotopic (exact) mass is 382 g/mol. The number of amides is 1. The van der Waals surface area contributed by atoms with E-state index in [4.69, 9.17) is 33.0 Å². The molecule has 0 aliphatic carbocycles. The SMILES string of the molecule is N=c1oc2ccc3ccccc3c2cc1C(=O)Nc1cc(Cl)ccc1Cl. The summed E-state index contributed by atoms with van der Waals surface area (Å²) in [5.41, 5.74) is 0.820. The molecule has 0 radical (unpaired) electrons. The van der Waals surface area contributed by atoms with Crippen LogP contribution in [0.2, 0.25) is 10.0 Å². The first-order chi connectivity index (χ1) is 12.5. The van der Waals surface area contributed by atoms with Gasteiger partial charge in [0.1, 0.15) is 11.1 Å². The van der Waals surface area contributed by atoms with E-state index in [2.05, 4.69) is 5.32 Å². The van der Waals surface area contributed by atoms with Gasteiger partial charge in [-0.1, -0.05) is 53.5 Å². The van der Waals surface area contributed by atoms with Crippen LogP contribution in [0.1, 0.15) is 10.4 Å². The molecule has 0 fully saturated rings. The van der Waals surface area contributed by atoms with Crippen LogP contribution in [-0.2, 0) is 0 Å². The number of hydrogen-bond acceptors (Lipinski definition) is 3. The minimum atomic E-state index is -0.488. The van der Waals surface area contributed by atoms with Gasteiger partial charge in [-0.3, -0.25) is 10.2 Å². The summed E-state index contributed by atoms with van der Waals surface area (Å²) in [6, 6.07) is 18.0. The Hall–Kier alpha value is -2.82. The van der Waals surface area contributed by atoms with Crippen LogP contribution in [-0.4, -0.2) is 5.91 Å². The van der Waals surface area contributed by atoms with Gasteiger partial charge in [-0.25, -0.2) is 0 Å². The summed E-state index contributed by atoms with van der Waals surface area (Å²) in [4.78, 5) is 12.7. The fourth-order valence-corrected chi connectivity index (χ4v) is 3.18. The molecule has 0 atom stereocenters. The second-order valence-corrected chi connectivity index (χ2v) is 6.61. The molecule has 4 aromatic rings. The lowest BCUT2D eigenvalue weighted by atomic mass is 10.0. The Morgan fingerprint density at radius 2 is 1.77 bits per heavy atom. The van der Waals surface area contributed by atoms with E-state index in [1.165, 1.54) is 0 Å². The van der Waals surface area contributed by atoms with E-state index in [0.717, 1.165) is 16.2 Å². The molecule has 1 amide bonds. The van der Waals surface area contributed by atoms with Crippen molar-refractivity contribution in [1.29, 1.82) is 5.41 Å². The Morgan fingerprint density at radius 3 is 2.62 bits per heavy atom. The number of carbonyl (C=O) groups excluding carboxylic acids is 1. The molecule has 0 saturated heterocycles. The molecule has 0 unspecified atom stereocenters. The Balaban J connectivity index is 1.84. The maximum atomic E-state index is 12.7. The van der Waals surface area contributed by atoms with Crippen LogP contribution >= 0.6 is 23.2 Å². The number of nitrogens with one attached hydrogen (secondary N) is 2. The molecule has 4 nitrogen and oxygen atoms in total. The summed E-state index contributed by atoms with van der Waals surface area (Å²) in [6.07, 6.45) is 0. The quantitative estimate of drug-likeness (QED) is 0.441. The number of hydrogen-bond donors (Lipinski definition) is 2. The highest BCUT2D eigenvalue weighted by Crippen LogP contribution is 2.27. The lowest BCUT2D eigenvalue weighted by Crippen LogP contribution is -2.21. The molecule has 4 rings (SSSR count). The Morgan fingerprint density at radius 1 is 0.962 bits per heavy atom. The second kappa shape index (κ2) is 6.48. The van der Waals surface area contributed by atoms with Gasteiger partial charge in [0, 0.05) is 10.4 Å². The average molecular weight is 383 g/mol. The highest BCUT2D eigenvalue weighted by molar-refractivity contribution is 6.35. The highest BCUT2D eigenvalue weighted by Gasteiger charge is 2.15. The minimum absolute atomic E-state index is 0.116. The third kappa shape index (κ3) is 2.94. The molecule has 128 valence electrons. The molecule has 0 aliphatic heterocycles. The van der Waals surface area contributed by atoms with Gasteiger partial charge in [0.2, 0.25) is 5.55 Å². The van der Waals surface area contributed by atoms with Crippen LogP contribution in [0.5, 0.6) is 0 Å². The normalized spacial score (nSPS) is 11.0. The van der Waals surface area contributed by atoms with Crippen molar-refractivity contribution >= 4 is 56.5 Å². The van der Waals surface area contributed by atoms with Crippen molar-refractivity contribution in [2.24, 2.45) is 0 Å². The van der Waals surface area contributed by atoms with E-state index in [-0.39, 0.29) is 11.1 Å². The van der Waals surface area contributed by atoms with Gasteiger partial charge >= 0.3 is 0 Å². The lowest BCUT2D eigenvalue weighted by molar-refractivity contribution is 0.102. The summed E-state index contributed by atoms with van der Waals surface area (Å²) >= 11 is 12.1. The van der Waals surface area contributed by atoms with Gasteiger partial charge in [0.05, 0.1) is 10.7 Å². The Kier molecular flexibility index (Phi) is 4.15. The average Bonchev–Trinajstić information content (AvgIpc) is 2.64. The van der Waals surface area contributed by atoms with E-state index >= 15 is 0 Å². The summed E-state index contributed by atoms with van der Waals surface area (Å²) in [7, 11) is 0. The number of benzene rings is 3. The molecule has 0 bridgehead atoms. The third-order valence-electron chi connectivity index (χ3n) is 4.10. The van der Waals surface area contributed by atoms with Gasteiger partial charge in [0.15, 0.2) is 0 Å². The standard InChI is InChI=1S/C20H12Cl2N2O2/c21-12-6-7-16(22)17(9-12)24-20(25)15-10-14-13-4-2-1-3-11(13)5-8-18(14)26-19(15)23/h1-10,23H,(H,24,25). The van der Waals surface area contributed by atoms with Crippen LogP contribution in [0, 0.1) is 5.41 Å². The third-order valence-corrected chi connectivity index (χ3v) is 4.66. The van der Waals surface area contributed by atoms with E-state index in [9.17, 15) is 4.79 Å². The summed E-state index contributed by atoms with van der Waals surface area (Å²) in [6.45, 7) is 0. The van der Waals surface area contributed by atoms with Crippen molar-refractivity contribution in [3.63, 3.8) is 0 Å². The molecule has 2 N–H and O–H groups in total. The van der Waals surface area contributed by atoms with Gasteiger partial charge in [-0.05, 0) is 41.1 Å². The smallest absolute Gasteiger partial charge is 0.261 e. The predicted molar refractivity (Wildman–Crippen MR) is 104 cm³/mol. The summed E-state index contributed by atoms with van der Waals surface area (Å²) in [5.74, 6) is -0.488. The zero-order chi connectivity index (χ0) is 18.3. The molecular formula is C20H12Cl2N2O2. The van der Waals surface area contributed by atoms with Gasteiger partial charge in [0.25, 0.3) is 5.91 Å². The van der Waals surface area contributed by atoms with Crippen molar-refractivity contribution in [3.8, 4) is 0 Å². The largest absolute Gasteiger partial charge is 0.438 e. The molecule has 0 spiro atoms. The van der Waals surface area contributed by atoms with Crippen LogP contribution in [0.3, 0.4) is 0 Å². The van der Waals surface area contributed by atoms with E-state index in [1.807, 2.05) is 30.3 Å². The molecule has 26 heavy (non-hydrogen) atoms. The molecule has 6 heteroatoms. The topological polar surface area (TPSA) is 66.1 Å². The van der Waals surface area contributed by atoms with Crippen LogP contribution in [0.15, 0.2) is 65.1 Å². The van der Waals surface area contributed by atoms with E-state index in [1.54, 1.807) is 30.3 Å². The number of anilines is 1. The summed E-state index contributed by atoms with van der Waals surface area (Å²) in [5, 5.41) is 14.3. The molecule has 3 aromatic carbocycles. The minimum Gasteiger partial charge on any atom is -0.438 e. The molecule has 0 saturated carbocycles. The van der Waals surface area contributed by atoms with E-state index < -0.39 is 5.91 Å². The molecule has 1 aromatic heterocycles. The van der Waals surface area contributed by atoms with Crippen LogP contribution < -0.4 is 10.9 Å². The fraction of sp³-hybridized carbons (Fsp3) is 0. The first-order valence-electron chi connectivity index (χ1n) is 7.79. The zero-order valence-electron chi connectivity index (χ0n) is 13.3. The fourth-order valence-electron chi connectivity index (χ4n) is 2.84. The van der Waals surface area contributed by atoms with Crippen LogP contribution in [0.25, 0.3) is 21.7 Å². The Bertz CT molecular complexity index is 1230. The first-order valence-corrected chi connectivity index (χ1v) is 8.55. The number of carbonyl (C=O) groups is 1.